The maximum Gasteiger partial charge on any atom is 0.204 e. The van der Waals surface area contributed by atoms with Gasteiger partial charge in [0.1, 0.15) is 0 Å². The SMILES string of the molecule is CC1COC(CBr)(c2ccc(Br)cc2)OC1. The summed E-state index contributed by atoms with van der Waals surface area (Å²) in [6.45, 7) is 3.60. The summed E-state index contributed by atoms with van der Waals surface area (Å²) in [4.78, 5) is 0. The van der Waals surface area contributed by atoms with Crippen molar-refractivity contribution in [2.75, 3.05) is 18.5 Å². The Balaban J connectivity index is 2.24. The lowest BCUT2D eigenvalue weighted by Crippen LogP contribution is -2.42. The van der Waals surface area contributed by atoms with Gasteiger partial charge in [0, 0.05) is 16.0 Å². The Labute approximate surface area is 113 Å². The van der Waals surface area contributed by atoms with Gasteiger partial charge >= 0.3 is 0 Å². The summed E-state index contributed by atoms with van der Waals surface area (Å²) < 4.78 is 12.8. The fourth-order valence-electron chi connectivity index (χ4n) is 1.67. The average molecular weight is 350 g/mol. The number of benzene rings is 1. The van der Waals surface area contributed by atoms with E-state index in [4.69, 9.17) is 9.47 Å². The quantitative estimate of drug-likeness (QED) is 0.758. The van der Waals surface area contributed by atoms with Crippen molar-refractivity contribution in [2.24, 2.45) is 5.92 Å². The summed E-state index contributed by atoms with van der Waals surface area (Å²) in [5.41, 5.74) is 1.06. The Morgan fingerprint density at radius 2 is 1.81 bits per heavy atom. The molecule has 4 heteroatoms. The van der Waals surface area contributed by atoms with Crippen molar-refractivity contribution in [1.82, 2.24) is 0 Å². The molecule has 1 saturated heterocycles. The summed E-state index contributed by atoms with van der Waals surface area (Å²) in [5, 5.41) is 0.647. The van der Waals surface area contributed by atoms with Crippen molar-refractivity contribution in [3.63, 3.8) is 0 Å². The molecule has 0 amide bonds. The standard InChI is InChI=1S/C12H14Br2O2/c1-9-6-15-12(8-13,16-7-9)10-2-4-11(14)5-3-10/h2-5,9H,6-8H2,1H3. The van der Waals surface area contributed by atoms with Crippen molar-refractivity contribution < 1.29 is 9.47 Å². The van der Waals surface area contributed by atoms with Crippen LogP contribution in [0.1, 0.15) is 12.5 Å². The Morgan fingerprint density at radius 3 is 2.31 bits per heavy atom. The highest BCUT2D eigenvalue weighted by Crippen LogP contribution is 2.34. The topological polar surface area (TPSA) is 18.5 Å². The van der Waals surface area contributed by atoms with E-state index in [9.17, 15) is 0 Å². The molecule has 0 aliphatic carbocycles. The lowest BCUT2D eigenvalue weighted by atomic mass is 10.1. The van der Waals surface area contributed by atoms with Crippen molar-refractivity contribution in [1.29, 1.82) is 0 Å². The Hall–Kier alpha value is 0.1000. The molecule has 2 nitrogen and oxygen atoms in total. The Kier molecular flexibility index (Phi) is 4.06. The fourth-order valence-corrected chi connectivity index (χ4v) is 2.58. The molecule has 1 aromatic rings. The number of ether oxygens (including phenoxy) is 2. The van der Waals surface area contributed by atoms with Crippen LogP contribution in [0.2, 0.25) is 0 Å². The molecule has 0 atom stereocenters. The van der Waals surface area contributed by atoms with Crippen LogP contribution in [0.3, 0.4) is 0 Å². The van der Waals surface area contributed by atoms with Crippen molar-refractivity contribution in [2.45, 2.75) is 12.7 Å². The van der Waals surface area contributed by atoms with Gasteiger partial charge in [-0.1, -0.05) is 50.9 Å². The summed E-state index contributed by atoms with van der Waals surface area (Å²) >= 11 is 6.91. The van der Waals surface area contributed by atoms with E-state index in [0.29, 0.717) is 11.2 Å². The first-order chi connectivity index (χ1) is 7.66. The lowest BCUT2D eigenvalue weighted by Gasteiger charge is -2.38. The minimum absolute atomic E-state index is 0.461. The van der Waals surface area contributed by atoms with E-state index < -0.39 is 5.79 Å². The minimum atomic E-state index is -0.618. The third kappa shape index (κ3) is 2.50. The van der Waals surface area contributed by atoms with Gasteiger partial charge in [-0.2, -0.15) is 0 Å². The molecule has 88 valence electrons. The summed E-state index contributed by atoms with van der Waals surface area (Å²) in [6, 6.07) is 8.07. The van der Waals surface area contributed by atoms with Gasteiger partial charge in [-0.05, 0) is 12.1 Å². The predicted octanol–water partition coefficient (Wildman–Crippen LogP) is 3.68. The van der Waals surface area contributed by atoms with E-state index in [0.717, 1.165) is 23.2 Å². The van der Waals surface area contributed by atoms with E-state index in [1.807, 2.05) is 24.3 Å². The number of halogens is 2. The molecule has 1 fully saturated rings. The minimum Gasteiger partial charge on any atom is -0.345 e. The zero-order valence-corrected chi connectivity index (χ0v) is 12.3. The monoisotopic (exact) mass is 348 g/mol. The molecule has 0 radical (unpaired) electrons. The molecule has 16 heavy (non-hydrogen) atoms. The first-order valence-electron chi connectivity index (χ1n) is 5.26. The largest absolute Gasteiger partial charge is 0.345 e. The Morgan fingerprint density at radius 1 is 1.25 bits per heavy atom. The van der Waals surface area contributed by atoms with Crippen LogP contribution in [0, 0.1) is 5.92 Å². The maximum atomic E-state index is 5.87. The van der Waals surface area contributed by atoms with E-state index in [1.165, 1.54) is 0 Å². The molecule has 0 bridgehead atoms. The highest BCUT2D eigenvalue weighted by Gasteiger charge is 2.37. The van der Waals surface area contributed by atoms with Gasteiger partial charge in [0.25, 0.3) is 0 Å². The van der Waals surface area contributed by atoms with Gasteiger partial charge < -0.3 is 9.47 Å². The van der Waals surface area contributed by atoms with Crippen LogP contribution >= 0.6 is 31.9 Å². The van der Waals surface area contributed by atoms with Crippen LogP contribution in [0.25, 0.3) is 0 Å². The molecule has 0 unspecified atom stereocenters. The van der Waals surface area contributed by atoms with E-state index >= 15 is 0 Å². The first kappa shape index (κ1) is 12.6. The summed E-state index contributed by atoms with van der Waals surface area (Å²) in [5.74, 6) is -0.157. The molecular weight excluding hydrogens is 336 g/mol. The van der Waals surface area contributed by atoms with E-state index in [2.05, 4.69) is 38.8 Å². The normalized spacial score (nSPS) is 30.3. The second-order valence-corrected chi connectivity index (χ2v) is 5.60. The van der Waals surface area contributed by atoms with Gasteiger partial charge in [-0.15, -0.1) is 0 Å². The van der Waals surface area contributed by atoms with Crippen LogP contribution in [-0.2, 0) is 15.3 Å². The number of rotatable bonds is 2. The average Bonchev–Trinajstić information content (AvgIpc) is 2.32. The number of hydrogen-bond donors (Lipinski definition) is 0. The molecule has 1 heterocycles. The van der Waals surface area contributed by atoms with E-state index in [1.54, 1.807) is 0 Å². The van der Waals surface area contributed by atoms with Crippen LogP contribution in [0.5, 0.6) is 0 Å². The van der Waals surface area contributed by atoms with Crippen LogP contribution < -0.4 is 0 Å². The molecule has 0 N–H and O–H groups in total. The van der Waals surface area contributed by atoms with Gasteiger partial charge in [-0.25, -0.2) is 0 Å². The molecule has 2 rings (SSSR count). The van der Waals surface area contributed by atoms with Gasteiger partial charge in [0.2, 0.25) is 5.79 Å². The summed E-state index contributed by atoms with van der Waals surface area (Å²) in [6.07, 6.45) is 0. The molecular formula is C12H14Br2O2. The van der Waals surface area contributed by atoms with Gasteiger partial charge in [0.05, 0.1) is 18.5 Å². The van der Waals surface area contributed by atoms with E-state index in [-0.39, 0.29) is 0 Å². The highest BCUT2D eigenvalue weighted by atomic mass is 79.9. The zero-order valence-electron chi connectivity index (χ0n) is 9.08. The highest BCUT2D eigenvalue weighted by molar-refractivity contribution is 9.10. The first-order valence-corrected chi connectivity index (χ1v) is 7.18. The number of hydrogen-bond acceptors (Lipinski definition) is 2. The van der Waals surface area contributed by atoms with Crippen molar-refractivity contribution in [3.05, 3.63) is 34.3 Å². The summed E-state index contributed by atoms with van der Waals surface area (Å²) in [7, 11) is 0. The fraction of sp³-hybridized carbons (Fsp3) is 0.500. The smallest absolute Gasteiger partial charge is 0.204 e. The molecule has 0 saturated carbocycles. The van der Waals surface area contributed by atoms with Crippen LogP contribution in [-0.4, -0.2) is 18.5 Å². The molecule has 1 aliphatic rings. The van der Waals surface area contributed by atoms with Gasteiger partial charge in [-0.3, -0.25) is 0 Å². The Bertz CT molecular complexity index is 343. The van der Waals surface area contributed by atoms with Crippen LogP contribution in [0.4, 0.5) is 0 Å². The van der Waals surface area contributed by atoms with Gasteiger partial charge in [0.15, 0.2) is 0 Å². The van der Waals surface area contributed by atoms with Crippen molar-refractivity contribution in [3.8, 4) is 0 Å². The predicted molar refractivity (Wildman–Crippen MR) is 70.7 cm³/mol. The molecule has 1 aliphatic heterocycles. The zero-order chi connectivity index (χ0) is 11.6. The number of alkyl halides is 1. The van der Waals surface area contributed by atoms with Crippen molar-refractivity contribution >= 4 is 31.9 Å². The molecule has 1 aromatic carbocycles. The second-order valence-electron chi connectivity index (χ2n) is 4.12. The maximum absolute atomic E-state index is 5.87. The molecule has 0 spiro atoms. The third-order valence-electron chi connectivity index (χ3n) is 2.66. The molecule has 0 aromatic heterocycles. The third-order valence-corrected chi connectivity index (χ3v) is 3.93. The lowest BCUT2D eigenvalue weighted by molar-refractivity contribution is -0.275. The van der Waals surface area contributed by atoms with Crippen LogP contribution in [0.15, 0.2) is 28.7 Å². The second kappa shape index (κ2) is 5.17.